The van der Waals surface area contributed by atoms with E-state index in [2.05, 4.69) is 20.6 Å². The number of H-pyrrole nitrogens is 1. The smallest absolute Gasteiger partial charge is 0.166 e. The first kappa shape index (κ1) is 10.9. The van der Waals surface area contributed by atoms with E-state index in [4.69, 9.17) is 17.0 Å². The monoisotopic (exact) mass is 214 g/mol. The maximum absolute atomic E-state index is 5.03. The van der Waals surface area contributed by atoms with Crippen molar-refractivity contribution in [3.8, 4) is 0 Å². The summed E-state index contributed by atoms with van der Waals surface area (Å²) in [5, 5.41) is 6.67. The van der Waals surface area contributed by atoms with Gasteiger partial charge < -0.3 is 20.4 Å². The van der Waals surface area contributed by atoms with E-state index in [-0.39, 0.29) is 0 Å². The summed E-state index contributed by atoms with van der Waals surface area (Å²) in [7, 11) is 1.66. The summed E-state index contributed by atoms with van der Waals surface area (Å²) < 4.78 is 4.88. The van der Waals surface area contributed by atoms with Gasteiger partial charge in [0.25, 0.3) is 0 Å². The van der Waals surface area contributed by atoms with Gasteiger partial charge in [0.1, 0.15) is 0 Å². The van der Waals surface area contributed by atoms with Gasteiger partial charge in [-0.05, 0) is 12.2 Å². The first-order valence-corrected chi connectivity index (χ1v) is 4.71. The van der Waals surface area contributed by atoms with E-state index in [1.54, 1.807) is 19.6 Å². The molecule has 0 radical (unpaired) electrons. The molecule has 0 saturated carbocycles. The van der Waals surface area contributed by atoms with Crippen LogP contribution in [0.4, 0.5) is 0 Å². The molecule has 78 valence electrons. The normalized spacial score (nSPS) is 9.79. The molecule has 1 rings (SSSR count). The Morgan fingerprint density at radius 2 is 2.50 bits per heavy atom. The molecule has 0 fully saturated rings. The molecule has 6 heteroatoms. The second kappa shape index (κ2) is 6.33. The summed E-state index contributed by atoms with van der Waals surface area (Å²) in [6, 6.07) is 0. The van der Waals surface area contributed by atoms with Crippen molar-refractivity contribution in [1.29, 1.82) is 0 Å². The number of aromatic amines is 1. The van der Waals surface area contributed by atoms with Crippen LogP contribution in [-0.4, -0.2) is 35.3 Å². The molecule has 0 saturated heterocycles. The third-order valence-corrected chi connectivity index (χ3v) is 1.87. The van der Waals surface area contributed by atoms with Gasteiger partial charge in [-0.15, -0.1) is 0 Å². The van der Waals surface area contributed by atoms with Crippen LogP contribution in [-0.2, 0) is 11.3 Å². The van der Waals surface area contributed by atoms with Crippen molar-refractivity contribution in [2.45, 2.75) is 6.54 Å². The van der Waals surface area contributed by atoms with Crippen molar-refractivity contribution in [2.75, 3.05) is 20.3 Å². The van der Waals surface area contributed by atoms with Gasteiger partial charge in [-0.3, -0.25) is 0 Å². The number of nitrogens with one attached hydrogen (secondary N) is 3. The Labute approximate surface area is 88.3 Å². The fraction of sp³-hybridized carbons (Fsp3) is 0.500. The first-order chi connectivity index (χ1) is 6.83. The van der Waals surface area contributed by atoms with Crippen molar-refractivity contribution in [3.05, 3.63) is 18.2 Å². The summed E-state index contributed by atoms with van der Waals surface area (Å²) in [4.78, 5) is 6.87. The Bertz CT molecular complexity index is 262. The number of hydrogen-bond donors (Lipinski definition) is 3. The average molecular weight is 214 g/mol. The molecule has 0 amide bonds. The molecule has 0 bridgehead atoms. The van der Waals surface area contributed by atoms with Crippen LogP contribution in [0.15, 0.2) is 12.5 Å². The van der Waals surface area contributed by atoms with Gasteiger partial charge in [0.15, 0.2) is 5.11 Å². The van der Waals surface area contributed by atoms with Crippen LogP contribution in [0.1, 0.15) is 5.69 Å². The second-order valence-corrected chi connectivity index (χ2v) is 3.09. The highest BCUT2D eigenvalue weighted by atomic mass is 32.1. The maximum atomic E-state index is 5.03. The van der Waals surface area contributed by atoms with E-state index >= 15 is 0 Å². The minimum absolute atomic E-state index is 0.622. The van der Waals surface area contributed by atoms with E-state index in [1.807, 2.05) is 0 Å². The molecule has 0 aliphatic rings. The Balaban J connectivity index is 2.09. The Morgan fingerprint density at radius 3 is 3.14 bits per heavy atom. The highest BCUT2D eigenvalue weighted by molar-refractivity contribution is 7.80. The van der Waals surface area contributed by atoms with E-state index in [1.165, 1.54) is 0 Å². The van der Waals surface area contributed by atoms with Crippen LogP contribution < -0.4 is 10.6 Å². The predicted molar refractivity (Wildman–Crippen MR) is 57.9 cm³/mol. The highest BCUT2D eigenvalue weighted by Crippen LogP contribution is 1.88. The molecule has 1 heterocycles. The summed E-state index contributed by atoms with van der Waals surface area (Å²) in [6.45, 7) is 2.01. The molecule has 1 aromatic heterocycles. The summed E-state index contributed by atoms with van der Waals surface area (Å²) >= 11 is 5.03. The Kier molecular flexibility index (Phi) is 4.95. The fourth-order valence-electron chi connectivity index (χ4n) is 0.886. The van der Waals surface area contributed by atoms with E-state index < -0.39 is 0 Å². The van der Waals surface area contributed by atoms with Gasteiger partial charge in [-0.1, -0.05) is 0 Å². The van der Waals surface area contributed by atoms with Gasteiger partial charge in [0.05, 0.1) is 25.2 Å². The van der Waals surface area contributed by atoms with Gasteiger partial charge >= 0.3 is 0 Å². The summed E-state index contributed by atoms with van der Waals surface area (Å²) in [5.41, 5.74) is 1.00. The molecule has 14 heavy (non-hydrogen) atoms. The lowest BCUT2D eigenvalue weighted by molar-refractivity contribution is 0.204. The third-order valence-electron chi connectivity index (χ3n) is 1.59. The maximum Gasteiger partial charge on any atom is 0.166 e. The number of nitrogens with zero attached hydrogens (tertiary/aromatic N) is 1. The molecule has 1 aromatic rings. The molecule has 0 aliphatic carbocycles. The Hall–Kier alpha value is -1.14. The minimum Gasteiger partial charge on any atom is -0.383 e. The molecular weight excluding hydrogens is 200 g/mol. The zero-order chi connectivity index (χ0) is 10.2. The number of thiocarbonyl (C=S) groups is 1. The first-order valence-electron chi connectivity index (χ1n) is 4.31. The molecule has 0 aliphatic heterocycles. The van der Waals surface area contributed by atoms with Crippen LogP contribution in [0.25, 0.3) is 0 Å². The van der Waals surface area contributed by atoms with Crippen LogP contribution in [0.5, 0.6) is 0 Å². The standard InChI is InChI=1S/C8H14N4OS/c1-13-3-2-10-8(14)11-5-7-4-9-6-12-7/h4,6H,2-3,5H2,1H3,(H,9,12)(H2,10,11,14). The topological polar surface area (TPSA) is 62.0 Å². The Morgan fingerprint density at radius 1 is 1.64 bits per heavy atom. The van der Waals surface area contributed by atoms with E-state index in [9.17, 15) is 0 Å². The third kappa shape index (κ3) is 4.20. The number of imidazole rings is 1. The average Bonchev–Trinajstić information content (AvgIpc) is 2.68. The predicted octanol–water partition coefficient (Wildman–Crippen LogP) is 0.0202. The summed E-state index contributed by atoms with van der Waals surface area (Å²) in [5.74, 6) is 0. The van der Waals surface area contributed by atoms with Gasteiger partial charge in [0, 0.05) is 19.9 Å². The molecule has 5 nitrogen and oxygen atoms in total. The number of hydrogen-bond acceptors (Lipinski definition) is 3. The number of rotatable bonds is 5. The minimum atomic E-state index is 0.622. The van der Waals surface area contributed by atoms with Crippen molar-refractivity contribution in [1.82, 2.24) is 20.6 Å². The van der Waals surface area contributed by atoms with Crippen LogP contribution in [0.3, 0.4) is 0 Å². The lowest BCUT2D eigenvalue weighted by Gasteiger charge is -2.08. The van der Waals surface area contributed by atoms with Gasteiger partial charge in [-0.2, -0.15) is 0 Å². The van der Waals surface area contributed by atoms with E-state index in [0.717, 1.165) is 5.69 Å². The van der Waals surface area contributed by atoms with Gasteiger partial charge in [0.2, 0.25) is 0 Å². The van der Waals surface area contributed by atoms with E-state index in [0.29, 0.717) is 24.8 Å². The zero-order valence-electron chi connectivity index (χ0n) is 8.04. The number of ether oxygens (including phenoxy) is 1. The fourth-order valence-corrected chi connectivity index (χ4v) is 1.06. The molecule has 0 aromatic carbocycles. The van der Waals surface area contributed by atoms with Crippen molar-refractivity contribution >= 4 is 17.3 Å². The lowest BCUT2D eigenvalue weighted by Crippen LogP contribution is -2.36. The zero-order valence-corrected chi connectivity index (χ0v) is 8.86. The van der Waals surface area contributed by atoms with Crippen LogP contribution in [0, 0.1) is 0 Å². The van der Waals surface area contributed by atoms with Crippen LogP contribution in [0.2, 0.25) is 0 Å². The van der Waals surface area contributed by atoms with Crippen molar-refractivity contribution < 1.29 is 4.74 Å². The van der Waals surface area contributed by atoms with Crippen molar-refractivity contribution in [3.63, 3.8) is 0 Å². The lowest BCUT2D eigenvalue weighted by atomic mass is 10.5. The quantitative estimate of drug-likeness (QED) is 0.476. The van der Waals surface area contributed by atoms with Gasteiger partial charge in [-0.25, -0.2) is 4.98 Å². The largest absolute Gasteiger partial charge is 0.383 e. The second-order valence-electron chi connectivity index (χ2n) is 2.68. The molecule has 0 spiro atoms. The highest BCUT2D eigenvalue weighted by Gasteiger charge is 1.95. The SMILES string of the molecule is COCCNC(=S)NCc1cnc[nH]1. The molecule has 0 atom stereocenters. The molecule has 3 N–H and O–H groups in total. The molecular formula is C8H14N4OS. The summed E-state index contributed by atoms with van der Waals surface area (Å²) in [6.07, 6.45) is 3.39. The van der Waals surface area contributed by atoms with Crippen LogP contribution >= 0.6 is 12.2 Å². The number of methoxy groups -OCH3 is 1. The van der Waals surface area contributed by atoms with Crippen molar-refractivity contribution in [2.24, 2.45) is 0 Å². The number of aromatic nitrogens is 2. The molecule has 0 unspecified atom stereocenters.